The smallest absolute Gasteiger partial charge is 0.260 e. The van der Waals surface area contributed by atoms with Gasteiger partial charge < -0.3 is 19.4 Å². The van der Waals surface area contributed by atoms with E-state index in [1.54, 1.807) is 23.2 Å². The molecule has 1 fully saturated rings. The number of aromatic nitrogens is 2. The maximum atomic E-state index is 13.5. The van der Waals surface area contributed by atoms with Gasteiger partial charge >= 0.3 is 0 Å². The number of nitrogens with zero attached hydrogens (tertiary/aromatic N) is 2. The van der Waals surface area contributed by atoms with Gasteiger partial charge in [-0.3, -0.25) is 4.79 Å². The zero-order valence-electron chi connectivity index (χ0n) is 12.8. The number of para-hydroxylation sites is 1. The van der Waals surface area contributed by atoms with Crippen molar-refractivity contribution in [2.24, 2.45) is 0 Å². The average molecular weight is 319 g/mol. The van der Waals surface area contributed by atoms with Crippen molar-refractivity contribution in [3.8, 4) is 5.75 Å². The van der Waals surface area contributed by atoms with E-state index < -0.39 is 5.82 Å². The summed E-state index contributed by atoms with van der Waals surface area (Å²) in [6, 6.07) is 6.02. The van der Waals surface area contributed by atoms with Crippen molar-refractivity contribution in [3.05, 3.63) is 47.8 Å². The van der Waals surface area contributed by atoms with Crippen LogP contribution in [0.25, 0.3) is 0 Å². The molecule has 1 N–H and O–H groups in total. The molecule has 1 unspecified atom stereocenters. The van der Waals surface area contributed by atoms with Crippen LogP contribution in [-0.4, -0.2) is 47.1 Å². The first-order chi connectivity index (χ1) is 11.1. The minimum absolute atomic E-state index is 0.0762. The van der Waals surface area contributed by atoms with Crippen LogP contribution >= 0.6 is 0 Å². The number of hydrogen-bond donors (Lipinski definition) is 1. The highest BCUT2D eigenvalue weighted by atomic mass is 19.1. The number of benzene rings is 1. The van der Waals surface area contributed by atoms with Crippen molar-refractivity contribution in [1.29, 1.82) is 0 Å². The van der Waals surface area contributed by atoms with Gasteiger partial charge in [0, 0.05) is 18.4 Å². The van der Waals surface area contributed by atoms with Gasteiger partial charge in [0.25, 0.3) is 5.91 Å². The fourth-order valence-electron chi connectivity index (χ4n) is 2.43. The van der Waals surface area contributed by atoms with Crippen molar-refractivity contribution in [2.45, 2.75) is 13.0 Å². The van der Waals surface area contributed by atoms with Crippen molar-refractivity contribution < 1.29 is 18.7 Å². The Kier molecular flexibility index (Phi) is 4.57. The summed E-state index contributed by atoms with van der Waals surface area (Å²) in [6.07, 6.45) is 1.44. The van der Waals surface area contributed by atoms with Gasteiger partial charge in [-0.25, -0.2) is 9.37 Å². The van der Waals surface area contributed by atoms with Crippen LogP contribution in [0.5, 0.6) is 5.75 Å². The molecule has 1 saturated heterocycles. The Morgan fingerprint density at radius 1 is 1.52 bits per heavy atom. The van der Waals surface area contributed by atoms with E-state index in [-0.39, 0.29) is 24.4 Å². The highest BCUT2D eigenvalue weighted by Crippen LogP contribution is 2.20. The quantitative estimate of drug-likeness (QED) is 0.934. The largest absolute Gasteiger partial charge is 0.481 e. The number of amides is 1. The molecule has 0 aliphatic carbocycles. The molecule has 1 amide bonds. The summed E-state index contributed by atoms with van der Waals surface area (Å²) in [5.41, 5.74) is 0.940. The van der Waals surface area contributed by atoms with Gasteiger partial charge in [-0.05, 0) is 19.1 Å². The van der Waals surface area contributed by atoms with E-state index >= 15 is 0 Å². The molecule has 0 saturated carbocycles. The van der Waals surface area contributed by atoms with Gasteiger partial charge in [-0.1, -0.05) is 12.1 Å². The second-order valence-electron chi connectivity index (χ2n) is 5.37. The number of morpholine rings is 1. The maximum absolute atomic E-state index is 13.5. The van der Waals surface area contributed by atoms with Crippen LogP contribution in [0, 0.1) is 12.7 Å². The number of aryl methyl sites for hydroxylation is 1. The van der Waals surface area contributed by atoms with Crippen LogP contribution in [0.15, 0.2) is 30.5 Å². The molecule has 1 aromatic heterocycles. The van der Waals surface area contributed by atoms with E-state index in [4.69, 9.17) is 9.47 Å². The summed E-state index contributed by atoms with van der Waals surface area (Å²) in [4.78, 5) is 21.3. The number of ether oxygens (including phenoxy) is 2. The number of imidazole rings is 1. The summed E-state index contributed by atoms with van der Waals surface area (Å²) in [5, 5.41) is 0. The molecule has 1 aliphatic rings. The normalized spacial score (nSPS) is 18.0. The van der Waals surface area contributed by atoms with Gasteiger partial charge in [0.1, 0.15) is 11.9 Å². The molecular formula is C16H18FN3O3. The first kappa shape index (κ1) is 15.5. The Bertz CT molecular complexity index is 689. The highest BCUT2D eigenvalue weighted by molar-refractivity contribution is 5.77. The SMILES string of the molecule is Cc1cnc(C2CN(C(=O)COc3ccccc3F)CCO2)[nH]1. The molecule has 0 spiro atoms. The van der Waals surface area contributed by atoms with Crippen LogP contribution in [0.2, 0.25) is 0 Å². The standard InChI is InChI=1S/C16H18FN3O3/c1-11-8-18-16(19-11)14-9-20(6-7-22-14)15(21)10-23-13-5-3-2-4-12(13)17/h2-5,8,14H,6-7,9-10H2,1H3,(H,18,19). The molecular weight excluding hydrogens is 301 g/mol. The minimum Gasteiger partial charge on any atom is -0.481 e. The van der Waals surface area contributed by atoms with Crippen LogP contribution in [-0.2, 0) is 9.53 Å². The first-order valence-corrected chi connectivity index (χ1v) is 7.41. The zero-order valence-corrected chi connectivity index (χ0v) is 12.8. The summed E-state index contributed by atoms with van der Waals surface area (Å²) in [5.74, 6) is 0.0957. The van der Waals surface area contributed by atoms with Crippen LogP contribution in [0.1, 0.15) is 17.6 Å². The average Bonchev–Trinajstić information content (AvgIpc) is 3.00. The van der Waals surface area contributed by atoms with E-state index in [2.05, 4.69) is 9.97 Å². The number of halogens is 1. The van der Waals surface area contributed by atoms with E-state index in [0.717, 1.165) is 5.69 Å². The Morgan fingerprint density at radius 2 is 2.35 bits per heavy atom. The van der Waals surface area contributed by atoms with Gasteiger partial charge in [0.2, 0.25) is 0 Å². The molecule has 3 rings (SSSR count). The van der Waals surface area contributed by atoms with Crippen LogP contribution in [0.3, 0.4) is 0 Å². The fourth-order valence-corrected chi connectivity index (χ4v) is 2.43. The van der Waals surface area contributed by atoms with Gasteiger partial charge in [-0.2, -0.15) is 0 Å². The number of carbonyl (C=O) groups is 1. The lowest BCUT2D eigenvalue weighted by molar-refractivity contribution is -0.141. The first-order valence-electron chi connectivity index (χ1n) is 7.41. The lowest BCUT2D eigenvalue weighted by atomic mass is 10.2. The molecule has 1 aromatic carbocycles. The summed E-state index contributed by atoms with van der Waals surface area (Å²) >= 11 is 0. The molecule has 2 aromatic rings. The van der Waals surface area contributed by atoms with Crippen LogP contribution < -0.4 is 4.74 Å². The number of nitrogens with one attached hydrogen (secondary N) is 1. The third-order valence-corrected chi connectivity index (χ3v) is 3.63. The fraction of sp³-hybridized carbons (Fsp3) is 0.375. The topological polar surface area (TPSA) is 67.5 Å². The zero-order chi connectivity index (χ0) is 16.2. The van der Waals surface area contributed by atoms with E-state index in [9.17, 15) is 9.18 Å². The van der Waals surface area contributed by atoms with E-state index in [1.807, 2.05) is 6.92 Å². The number of aromatic amines is 1. The summed E-state index contributed by atoms with van der Waals surface area (Å²) < 4.78 is 24.4. The van der Waals surface area contributed by atoms with Crippen molar-refractivity contribution >= 4 is 5.91 Å². The predicted molar refractivity (Wildman–Crippen MR) is 80.5 cm³/mol. The Morgan fingerprint density at radius 3 is 3.09 bits per heavy atom. The molecule has 2 heterocycles. The third-order valence-electron chi connectivity index (χ3n) is 3.63. The number of rotatable bonds is 4. The molecule has 23 heavy (non-hydrogen) atoms. The minimum atomic E-state index is -0.480. The van der Waals surface area contributed by atoms with Gasteiger partial charge in [0.15, 0.2) is 18.2 Å². The number of hydrogen-bond acceptors (Lipinski definition) is 4. The van der Waals surface area contributed by atoms with Crippen LogP contribution in [0.4, 0.5) is 4.39 Å². The van der Waals surface area contributed by atoms with Gasteiger partial charge in [0.05, 0.1) is 13.2 Å². The van der Waals surface area contributed by atoms with Crippen molar-refractivity contribution in [2.75, 3.05) is 26.3 Å². The Labute approximate surface area is 133 Å². The predicted octanol–water partition coefficient (Wildman–Crippen LogP) is 1.84. The summed E-state index contributed by atoms with van der Waals surface area (Å²) in [7, 11) is 0. The molecule has 0 radical (unpaired) electrons. The van der Waals surface area contributed by atoms with E-state index in [0.29, 0.717) is 25.5 Å². The molecule has 1 aliphatic heterocycles. The molecule has 6 nitrogen and oxygen atoms in total. The monoisotopic (exact) mass is 319 g/mol. The molecule has 122 valence electrons. The number of carbonyl (C=O) groups excluding carboxylic acids is 1. The number of H-pyrrole nitrogens is 1. The van der Waals surface area contributed by atoms with E-state index in [1.165, 1.54) is 12.1 Å². The molecule has 0 bridgehead atoms. The second kappa shape index (κ2) is 6.78. The van der Waals surface area contributed by atoms with Crippen molar-refractivity contribution in [1.82, 2.24) is 14.9 Å². The lowest BCUT2D eigenvalue weighted by Gasteiger charge is -2.32. The second-order valence-corrected chi connectivity index (χ2v) is 5.37. The molecule has 7 heteroatoms. The Hall–Kier alpha value is -2.41. The highest BCUT2D eigenvalue weighted by Gasteiger charge is 2.27. The van der Waals surface area contributed by atoms with Crippen molar-refractivity contribution in [3.63, 3.8) is 0 Å². The maximum Gasteiger partial charge on any atom is 0.260 e. The lowest BCUT2D eigenvalue weighted by Crippen LogP contribution is -2.44. The summed E-state index contributed by atoms with van der Waals surface area (Å²) in [6.45, 7) is 3.01. The third kappa shape index (κ3) is 3.68. The Balaban J connectivity index is 1.58. The molecule has 1 atom stereocenters. The van der Waals surface area contributed by atoms with Gasteiger partial charge in [-0.15, -0.1) is 0 Å².